The molecule has 0 bridgehead atoms. The van der Waals surface area contributed by atoms with E-state index in [1.807, 2.05) is 27.9 Å². The average Bonchev–Trinajstić information content (AvgIpc) is 2.12. The fraction of sp³-hybridized carbons (Fsp3) is 1.00. The minimum Gasteiger partial charge on any atom is -0.371 e. The van der Waals surface area contributed by atoms with Gasteiger partial charge in [0.2, 0.25) is 0 Å². The van der Waals surface area contributed by atoms with Crippen LogP contribution in [0.2, 0.25) is 0 Å². The van der Waals surface area contributed by atoms with E-state index in [1.54, 1.807) is 0 Å². The van der Waals surface area contributed by atoms with Gasteiger partial charge in [0.15, 0.2) is 0 Å². The molecule has 0 saturated heterocycles. The molecule has 0 amide bonds. The summed E-state index contributed by atoms with van der Waals surface area (Å²) in [6, 6.07) is 0. The average molecular weight is 206 g/mol. The minimum atomic E-state index is -2.33. The van der Waals surface area contributed by atoms with Gasteiger partial charge in [-0.05, 0) is 34.4 Å². The van der Waals surface area contributed by atoms with Crippen LogP contribution in [-0.2, 0) is 8.85 Å². The summed E-state index contributed by atoms with van der Waals surface area (Å²) < 4.78 is 11.4. The highest BCUT2D eigenvalue weighted by molar-refractivity contribution is 6.62. The van der Waals surface area contributed by atoms with Gasteiger partial charge in [-0.1, -0.05) is 6.92 Å². The van der Waals surface area contributed by atoms with Gasteiger partial charge < -0.3 is 8.85 Å². The fourth-order valence-electron chi connectivity index (χ4n) is 0.999. The molecule has 80 valence electrons. The monoisotopic (exact) mass is 206 g/mol. The van der Waals surface area contributed by atoms with Crippen molar-refractivity contribution in [3.63, 3.8) is 0 Å². The largest absolute Gasteiger partial charge is 0.516 e. The number of nitrogens with one attached hydrogen (secondary N) is 2. The van der Waals surface area contributed by atoms with Crippen molar-refractivity contribution < 1.29 is 8.85 Å². The van der Waals surface area contributed by atoms with Crippen LogP contribution in [0.3, 0.4) is 0 Å². The molecule has 13 heavy (non-hydrogen) atoms. The summed E-state index contributed by atoms with van der Waals surface area (Å²) in [7, 11) is 1.40. The van der Waals surface area contributed by atoms with Crippen LogP contribution >= 0.6 is 0 Å². The van der Waals surface area contributed by atoms with E-state index in [-0.39, 0.29) is 6.10 Å². The lowest BCUT2D eigenvalue weighted by Gasteiger charge is -2.29. The summed E-state index contributed by atoms with van der Waals surface area (Å²) in [5, 5.41) is 0. The van der Waals surface area contributed by atoms with Crippen LogP contribution in [-0.4, -0.2) is 35.7 Å². The molecule has 0 aromatic heterocycles. The molecule has 2 N–H and O–H groups in total. The lowest BCUT2D eigenvalue weighted by atomic mass is 10.5. The summed E-state index contributed by atoms with van der Waals surface area (Å²) in [5.74, 6) is 0. The van der Waals surface area contributed by atoms with E-state index in [4.69, 9.17) is 8.85 Å². The van der Waals surface area contributed by atoms with E-state index in [9.17, 15) is 0 Å². The van der Waals surface area contributed by atoms with E-state index >= 15 is 0 Å². The van der Waals surface area contributed by atoms with Gasteiger partial charge in [-0.3, -0.25) is 9.96 Å². The highest BCUT2D eigenvalue weighted by Gasteiger charge is 2.37. The van der Waals surface area contributed by atoms with Crippen LogP contribution < -0.4 is 9.96 Å². The SMILES string of the molecule is CCCO[Si](NC)(NC)OC(C)C. The maximum Gasteiger partial charge on any atom is 0.516 e. The summed E-state index contributed by atoms with van der Waals surface area (Å²) in [5.41, 5.74) is 0. The summed E-state index contributed by atoms with van der Waals surface area (Å²) in [6.07, 6.45) is 1.17. The molecule has 0 radical (unpaired) electrons. The molecule has 5 heteroatoms. The summed E-state index contributed by atoms with van der Waals surface area (Å²) in [6.45, 7) is 6.82. The quantitative estimate of drug-likeness (QED) is 0.602. The van der Waals surface area contributed by atoms with Crippen molar-refractivity contribution in [3.05, 3.63) is 0 Å². The molecule has 0 aromatic rings. The molecule has 0 saturated carbocycles. The van der Waals surface area contributed by atoms with Crippen LogP contribution in [0.25, 0.3) is 0 Å². The Balaban J connectivity index is 4.13. The van der Waals surface area contributed by atoms with Gasteiger partial charge in [0.25, 0.3) is 0 Å². The Morgan fingerprint density at radius 3 is 2.08 bits per heavy atom. The third-order valence-electron chi connectivity index (χ3n) is 1.57. The van der Waals surface area contributed by atoms with Gasteiger partial charge in [0.05, 0.1) is 0 Å². The number of hydrogen-bond donors (Lipinski definition) is 2. The second-order valence-electron chi connectivity index (χ2n) is 3.13. The molecule has 0 atom stereocenters. The van der Waals surface area contributed by atoms with Gasteiger partial charge in [-0.25, -0.2) is 0 Å². The molecule has 0 aliphatic heterocycles. The van der Waals surface area contributed by atoms with Gasteiger partial charge in [0.1, 0.15) is 0 Å². The van der Waals surface area contributed by atoms with Crippen LogP contribution in [0.1, 0.15) is 27.2 Å². The van der Waals surface area contributed by atoms with E-state index in [0.717, 1.165) is 13.0 Å². The molecule has 0 spiro atoms. The minimum absolute atomic E-state index is 0.170. The molecular formula is C8H22N2O2Si. The second-order valence-corrected chi connectivity index (χ2v) is 5.89. The summed E-state index contributed by atoms with van der Waals surface area (Å²) >= 11 is 0. The maximum atomic E-state index is 5.73. The maximum absolute atomic E-state index is 5.73. The van der Waals surface area contributed by atoms with Crippen molar-refractivity contribution >= 4 is 8.88 Å². The van der Waals surface area contributed by atoms with Crippen molar-refractivity contribution in [3.8, 4) is 0 Å². The first kappa shape index (κ1) is 13.1. The van der Waals surface area contributed by atoms with Crippen LogP contribution in [0.4, 0.5) is 0 Å². The lowest BCUT2D eigenvalue weighted by Crippen LogP contribution is -2.65. The van der Waals surface area contributed by atoms with Gasteiger partial charge in [-0.2, -0.15) is 0 Å². The van der Waals surface area contributed by atoms with Crippen molar-refractivity contribution in [2.75, 3.05) is 20.7 Å². The van der Waals surface area contributed by atoms with Crippen LogP contribution in [0.5, 0.6) is 0 Å². The van der Waals surface area contributed by atoms with E-state index in [2.05, 4.69) is 16.9 Å². The van der Waals surface area contributed by atoms with Gasteiger partial charge >= 0.3 is 8.88 Å². The topological polar surface area (TPSA) is 42.5 Å². The molecule has 0 unspecified atom stereocenters. The first-order valence-electron chi connectivity index (χ1n) is 4.79. The second kappa shape index (κ2) is 6.50. The first-order valence-corrected chi connectivity index (χ1v) is 6.61. The van der Waals surface area contributed by atoms with Crippen molar-refractivity contribution in [2.24, 2.45) is 0 Å². The molecule has 0 heterocycles. The normalized spacial score (nSPS) is 12.5. The zero-order valence-electron chi connectivity index (χ0n) is 9.31. The van der Waals surface area contributed by atoms with Crippen molar-refractivity contribution in [1.82, 2.24) is 9.96 Å². The molecule has 4 nitrogen and oxygen atoms in total. The summed E-state index contributed by atoms with van der Waals surface area (Å²) in [4.78, 5) is 6.23. The standard InChI is InChI=1S/C8H22N2O2Si/c1-6-7-11-13(9-4,10-5)12-8(2)3/h8-10H,6-7H2,1-5H3. The Bertz CT molecular complexity index is 129. The number of rotatable bonds is 7. The number of hydrogen-bond acceptors (Lipinski definition) is 4. The predicted molar refractivity (Wildman–Crippen MR) is 56.3 cm³/mol. The highest BCUT2D eigenvalue weighted by atomic mass is 28.4. The van der Waals surface area contributed by atoms with E-state index in [1.165, 1.54) is 0 Å². The van der Waals surface area contributed by atoms with Crippen molar-refractivity contribution in [1.29, 1.82) is 0 Å². The third kappa shape index (κ3) is 4.73. The van der Waals surface area contributed by atoms with E-state index < -0.39 is 8.88 Å². The first-order chi connectivity index (χ1) is 6.10. The zero-order valence-corrected chi connectivity index (χ0v) is 10.3. The third-order valence-corrected chi connectivity index (χ3v) is 4.30. The molecule has 0 aromatic carbocycles. The molecule has 0 rings (SSSR count). The Morgan fingerprint density at radius 1 is 1.23 bits per heavy atom. The van der Waals surface area contributed by atoms with E-state index in [0.29, 0.717) is 0 Å². The Hall–Kier alpha value is 0.0569. The Morgan fingerprint density at radius 2 is 1.77 bits per heavy atom. The zero-order chi connectivity index (χ0) is 10.3. The van der Waals surface area contributed by atoms with Crippen LogP contribution in [0, 0.1) is 0 Å². The molecule has 0 aliphatic carbocycles. The lowest BCUT2D eigenvalue weighted by molar-refractivity contribution is 0.116. The Labute approximate surface area is 82.4 Å². The smallest absolute Gasteiger partial charge is 0.371 e. The predicted octanol–water partition coefficient (Wildman–Crippen LogP) is 0.712. The molecular weight excluding hydrogens is 184 g/mol. The van der Waals surface area contributed by atoms with Crippen LogP contribution in [0.15, 0.2) is 0 Å². The Kier molecular flexibility index (Phi) is 6.53. The van der Waals surface area contributed by atoms with Gasteiger partial charge in [-0.15, -0.1) is 0 Å². The molecule has 0 aliphatic rings. The highest BCUT2D eigenvalue weighted by Crippen LogP contribution is 2.03. The molecule has 0 fully saturated rings. The van der Waals surface area contributed by atoms with Gasteiger partial charge in [0, 0.05) is 12.7 Å². The van der Waals surface area contributed by atoms with Crippen molar-refractivity contribution in [2.45, 2.75) is 33.3 Å². The fourth-order valence-corrected chi connectivity index (χ4v) is 3.00.